The maximum absolute atomic E-state index is 10.7. The van der Waals surface area contributed by atoms with Crippen molar-refractivity contribution in [3.05, 3.63) is 36.2 Å². The Kier molecular flexibility index (Phi) is 1.62. The third-order valence-electron chi connectivity index (χ3n) is 1.84. The van der Waals surface area contributed by atoms with Crippen LogP contribution in [0.2, 0.25) is 0 Å². The molecule has 0 saturated carbocycles. The number of rotatable bonds is 0. The van der Waals surface area contributed by atoms with Gasteiger partial charge in [-0.2, -0.15) is 8.42 Å². The molecule has 0 saturated heterocycles. The van der Waals surface area contributed by atoms with Crippen LogP contribution in [0.5, 0.6) is 0 Å². The van der Waals surface area contributed by atoms with Gasteiger partial charge < -0.3 is 4.90 Å². The lowest BCUT2D eigenvalue weighted by molar-refractivity contribution is 0.623. The number of hydrogen-bond acceptors (Lipinski definition) is 2. The highest BCUT2D eigenvalue weighted by Crippen LogP contribution is 2.20. The Morgan fingerprint density at radius 3 is 2.92 bits per heavy atom. The van der Waals surface area contributed by atoms with Gasteiger partial charge in [-0.25, -0.2) is 0 Å². The van der Waals surface area contributed by atoms with Crippen LogP contribution in [0.15, 0.2) is 36.2 Å². The third kappa shape index (κ3) is 1.00. The Bertz CT molecular complexity index is 418. The maximum Gasteiger partial charge on any atom is 0.234 e. The second kappa shape index (κ2) is 2.64. The van der Waals surface area contributed by atoms with Crippen molar-refractivity contribution in [1.29, 1.82) is 0 Å². The van der Waals surface area contributed by atoms with Crippen molar-refractivity contribution < 1.29 is 8.42 Å². The minimum atomic E-state index is -2.10. The van der Waals surface area contributed by atoms with Crippen LogP contribution >= 0.6 is 0 Å². The highest BCUT2D eigenvalue weighted by atomic mass is 32.2. The average molecular weight is 181 g/mol. The van der Waals surface area contributed by atoms with Gasteiger partial charge in [0.1, 0.15) is 4.99 Å². The monoisotopic (exact) mass is 181 g/mol. The van der Waals surface area contributed by atoms with E-state index in [1.165, 1.54) is 0 Å². The Morgan fingerprint density at radius 2 is 2.17 bits per heavy atom. The van der Waals surface area contributed by atoms with Crippen LogP contribution in [0.4, 0.5) is 0 Å². The molecule has 2 heterocycles. The number of hydrogen-bond donors (Lipinski definition) is 0. The van der Waals surface area contributed by atoms with Crippen molar-refractivity contribution >= 4 is 15.3 Å². The highest BCUT2D eigenvalue weighted by molar-refractivity contribution is 7.72. The van der Waals surface area contributed by atoms with Crippen LogP contribution in [0.1, 0.15) is 6.42 Å². The van der Waals surface area contributed by atoms with Crippen LogP contribution < -0.4 is 0 Å². The summed E-state index contributed by atoms with van der Waals surface area (Å²) in [4.78, 5) is 2.11. The molecule has 0 aromatic rings. The summed E-state index contributed by atoms with van der Waals surface area (Å²) in [7, 11) is -2.10. The van der Waals surface area contributed by atoms with E-state index < -0.39 is 10.3 Å². The smallest absolute Gasteiger partial charge is 0.234 e. The van der Waals surface area contributed by atoms with Crippen molar-refractivity contribution in [3.63, 3.8) is 0 Å². The van der Waals surface area contributed by atoms with E-state index in [1.807, 2.05) is 24.3 Å². The van der Waals surface area contributed by atoms with Gasteiger partial charge in [0.2, 0.25) is 10.3 Å². The summed E-state index contributed by atoms with van der Waals surface area (Å²) >= 11 is 0. The Balaban J connectivity index is 2.51. The molecule has 0 bridgehead atoms. The minimum absolute atomic E-state index is 0.422. The zero-order chi connectivity index (χ0) is 8.55. The van der Waals surface area contributed by atoms with Gasteiger partial charge in [-0.1, -0.05) is 12.2 Å². The van der Waals surface area contributed by atoms with E-state index in [0.29, 0.717) is 11.4 Å². The quantitative estimate of drug-likeness (QED) is 0.515. The number of allylic oxidation sites excluding steroid dienone is 3. The normalized spacial score (nSPS) is 19.5. The molecule has 0 atom stereocenters. The summed E-state index contributed by atoms with van der Waals surface area (Å²) in [6, 6.07) is 0. The Morgan fingerprint density at radius 1 is 1.33 bits per heavy atom. The van der Waals surface area contributed by atoms with E-state index in [2.05, 4.69) is 0 Å². The lowest BCUT2D eigenvalue weighted by atomic mass is 10.3. The first-order valence-electron chi connectivity index (χ1n) is 3.58. The lowest BCUT2D eigenvalue weighted by Gasteiger charge is -2.16. The second-order valence-electron chi connectivity index (χ2n) is 2.53. The fourth-order valence-corrected chi connectivity index (χ4v) is 1.83. The molecule has 0 aromatic carbocycles. The van der Waals surface area contributed by atoms with Gasteiger partial charge in [0.15, 0.2) is 0 Å². The first-order valence-corrected chi connectivity index (χ1v) is 4.66. The molecule has 0 N–H and O–H groups in total. The molecule has 0 amide bonds. The van der Waals surface area contributed by atoms with Crippen LogP contribution in [0, 0.1) is 0 Å². The standard InChI is InChI=1S/C8H7NO2S/c10-12(11)8-5-4-7-3-1-2-6-9(7)8/h1-4,6H,5H2. The predicted octanol–water partition coefficient (Wildman–Crippen LogP) is 0.669. The maximum atomic E-state index is 10.7. The molecule has 0 radical (unpaired) electrons. The van der Waals surface area contributed by atoms with Gasteiger partial charge in [-0.05, 0) is 12.2 Å². The largest absolute Gasteiger partial charge is 0.308 e. The number of fused-ring (bicyclic) bond motifs is 1. The molecule has 2 aliphatic rings. The third-order valence-corrected chi connectivity index (χ3v) is 2.59. The lowest BCUT2D eigenvalue weighted by Crippen LogP contribution is -2.20. The molecule has 4 heteroatoms. The van der Waals surface area contributed by atoms with E-state index in [4.69, 9.17) is 0 Å². The first-order chi connectivity index (χ1) is 5.79. The minimum Gasteiger partial charge on any atom is -0.308 e. The van der Waals surface area contributed by atoms with E-state index >= 15 is 0 Å². The van der Waals surface area contributed by atoms with Gasteiger partial charge in [0, 0.05) is 18.3 Å². The van der Waals surface area contributed by atoms with E-state index in [1.54, 1.807) is 11.1 Å². The van der Waals surface area contributed by atoms with Crippen molar-refractivity contribution in [2.75, 3.05) is 0 Å². The SMILES string of the molecule is O=S(=O)=C1CC=C2C=CC=CN21. The summed E-state index contributed by atoms with van der Waals surface area (Å²) < 4.78 is 21.4. The molecular formula is C8H7NO2S. The molecule has 3 nitrogen and oxygen atoms in total. The molecule has 0 fully saturated rings. The summed E-state index contributed by atoms with van der Waals surface area (Å²) in [6.45, 7) is 0. The molecule has 2 rings (SSSR count). The van der Waals surface area contributed by atoms with Crippen molar-refractivity contribution in [2.45, 2.75) is 6.42 Å². The number of nitrogens with zero attached hydrogens (tertiary/aromatic N) is 1. The molecule has 0 unspecified atom stereocenters. The fourth-order valence-electron chi connectivity index (χ4n) is 1.29. The van der Waals surface area contributed by atoms with E-state index in [0.717, 1.165) is 5.70 Å². The van der Waals surface area contributed by atoms with Gasteiger partial charge in [-0.15, -0.1) is 0 Å². The Labute approximate surface area is 71.8 Å². The van der Waals surface area contributed by atoms with Gasteiger partial charge >= 0.3 is 0 Å². The van der Waals surface area contributed by atoms with Gasteiger partial charge in [0.25, 0.3) is 0 Å². The predicted molar refractivity (Wildman–Crippen MR) is 46.7 cm³/mol. The van der Waals surface area contributed by atoms with Crippen LogP contribution in [0.3, 0.4) is 0 Å². The first kappa shape index (κ1) is 7.36. The summed E-state index contributed by atoms with van der Waals surface area (Å²) in [5.74, 6) is 0. The highest BCUT2D eigenvalue weighted by Gasteiger charge is 2.19. The van der Waals surface area contributed by atoms with Crippen molar-refractivity contribution in [2.24, 2.45) is 0 Å². The fraction of sp³-hybridized carbons (Fsp3) is 0.125. The molecule has 0 spiro atoms. The topological polar surface area (TPSA) is 37.4 Å². The zero-order valence-electron chi connectivity index (χ0n) is 6.27. The summed E-state index contributed by atoms with van der Waals surface area (Å²) in [5, 5.41) is 0. The summed E-state index contributed by atoms with van der Waals surface area (Å²) in [6.07, 6.45) is 9.74. The molecule has 12 heavy (non-hydrogen) atoms. The van der Waals surface area contributed by atoms with Crippen molar-refractivity contribution in [3.8, 4) is 0 Å². The van der Waals surface area contributed by atoms with E-state index in [9.17, 15) is 8.42 Å². The Hall–Kier alpha value is -1.29. The molecular weight excluding hydrogens is 174 g/mol. The van der Waals surface area contributed by atoms with Crippen LogP contribution in [-0.2, 0) is 10.3 Å². The molecule has 0 aromatic heterocycles. The second-order valence-corrected chi connectivity index (χ2v) is 3.47. The molecule has 2 aliphatic heterocycles. The van der Waals surface area contributed by atoms with Gasteiger partial charge in [0.05, 0.1) is 0 Å². The van der Waals surface area contributed by atoms with Crippen molar-refractivity contribution in [1.82, 2.24) is 4.90 Å². The zero-order valence-corrected chi connectivity index (χ0v) is 7.08. The van der Waals surface area contributed by atoms with Crippen LogP contribution in [0.25, 0.3) is 0 Å². The average Bonchev–Trinajstić information content (AvgIpc) is 2.47. The molecule has 0 aliphatic carbocycles. The van der Waals surface area contributed by atoms with Gasteiger partial charge in [-0.3, -0.25) is 0 Å². The molecule has 62 valence electrons. The van der Waals surface area contributed by atoms with Crippen LogP contribution in [-0.4, -0.2) is 18.3 Å². The summed E-state index contributed by atoms with van der Waals surface area (Å²) in [5.41, 5.74) is 0.941. The van der Waals surface area contributed by atoms with E-state index in [-0.39, 0.29) is 0 Å².